The molecule has 0 unspecified atom stereocenters. The first-order valence-electron chi connectivity index (χ1n) is 9.07. The van der Waals surface area contributed by atoms with Crippen LogP contribution < -0.4 is 10.6 Å². The van der Waals surface area contributed by atoms with E-state index in [0.29, 0.717) is 22.1 Å². The van der Waals surface area contributed by atoms with Crippen molar-refractivity contribution in [2.75, 3.05) is 19.0 Å². The average molecular weight is 407 g/mol. The second-order valence-corrected chi connectivity index (χ2v) is 8.02. The molecule has 0 saturated carbocycles. The van der Waals surface area contributed by atoms with E-state index in [1.165, 1.54) is 23.3 Å². The normalized spacial score (nSPS) is 13.6. The van der Waals surface area contributed by atoms with Crippen LogP contribution in [0.25, 0.3) is 0 Å². The number of hydrogen-bond acceptors (Lipinski definition) is 5. The number of rotatable bonds is 6. The van der Waals surface area contributed by atoms with Gasteiger partial charge in [-0.1, -0.05) is 36.2 Å². The molecule has 7 heteroatoms. The Kier molecular flexibility index (Phi) is 6.88. The van der Waals surface area contributed by atoms with Crippen molar-refractivity contribution in [2.45, 2.75) is 38.6 Å². The van der Waals surface area contributed by atoms with Gasteiger partial charge in [0.1, 0.15) is 5.00 Å². The zero-order valence-corrected chi connectivity index (χ0v) is 16.8. The van der Waals surface area contributed by atoms with Gasteiger partial charge in [-0.15, -0.1) is 11.3 Å². The molecule has 0 atom stereocenters. The van der Waals surface area contributed by atoms with Crippen LogP contribution in [0.5, 0.6) is 0 Å². The fourth-order valence-corrected chi connectivity index (χ4v) is 4.77. The van der Waals surface area contributed by atoms with E-state index < -0.39 is 0 Å². The van der Waals surface area contributed by atoms with Gasteiger partial charge in [-0.2, -0.15) is 0 Å². The Morgan fingerprint density at radius 3 is 2.74 bits per heavy atom. The van der Waals surface area contributed by atoms with Crippen molar-refractivity contribution in [3.05, 3.63) is 50.9 Å². The molecular formula is C20H23ClN2O3S. The van der Waals surface area contributed by atoms with Gasteiger partial charge in [-0.3, -0.25) is 4.79 Å². The minimum Gasteiger partial charge on any atom is -0.465 e. The Balaban J connectivity index is 1.66. The molecule has 144 valence electrons. The van der Waals surface area contributed by atoms with Gasteiger partial charge in [0.25, 0.3) is 0 Å². The number of benzene rings is 1. The summed E-state index contributed by atoms with van der Waals surface area (Å²) in [4.78, 5) is 25.9. The van der Waals surface area contributed by atoms with Crippen LogP contribution in [0.3, 0.4) is 0 Å². The second kappa shape index (κ2) is 9.35. The molecule has 1 amide bonds. The third kappa shape index (κ3) is 4.89. The number of halogens is 1. The van der Waals surface area contributed by atoms with E-state index in [4.69, 9.17) is 16.3 Å². The van der Waals surface area contributed by atoms with Crippen LogP contribution in [-0.4, -0.2) is 25.5 Å². The molecule has 0 spiro atoms. The van der Waals surface area contributed by atoms with Gasteiger partial charge in [0, 0.05) is 16.4 Å². The number of anilines is 1. The van der Waals surface area contributed by atoms with Crippen LogP contribution >= 0.6 is 22.9 Å². The molecule has 2 N–H and O–H groups in total. The van der Waals surface area contributed by atoms with Gasteiger partial charge in [0.15, 0.2) is 0 Å². The Hall–Kier alpha value is -1.89. The van der Waals surface area contributed by atoms with Crippen molar-refractivity contribution in [3.8, 4) is 0 Å². The number of thiophene rings is 1. The van der Waals surface area contributed by atoms with Crippen LogP contribution in [0.2, 0.25) is 5.02 Å². The molecule has 0 fully saturated rings. The van der Waals surface area contributed by atoms with Gasteiger partial charge in [0.2, 0.25) is 5.91 Å². The Bertz CT molecular complexity index is 835. The van der Waals surface area contributed by atoms with Crippen molar-refractivity contribution in [2.24, 2.45) is 0 Å². The van der Waals surface area contributed by atoms with Gasteiger partial charge < -0.3 is 15.4 Å². The summed E-state index contributed by atoms with van der Waals surface area (Å²) in [6, 6.07) is 7.51. The number of fused-ring (bicyclic) bond motifs is 1. The van der Waals surface area contributed by atoms with E-state index in [1.54, 1.807) is 0 Å². The van der Waals surface area contributed by atoms with Crippen molar-refractivity contribution in [1.82, 2.24) is 5.32 Å². The largest absolute Gasteiger partial charge is 0.465 e. The summed E-state index contributed by atoms with van der Waals surface area (Å²) in [6.07, 6.45) is 5.14. The topological polar surface area (TPSA) is 67.4 Å². The van der Waals surface area contributed by atoms with Crippen LogP contribution in [0.4, 0.5) is 5.00 Å². The van der Waals surface area contributed by atoms with Crippen LogP contribution in [0, 0.1) is 0 Å². The minimum absolute atomic E-state index is 0.133. The summed E-state index contributed by atoms with van der Waals surface area (Å²) in [6.45, 7) is 0.631. The quantitative estimate of drug-likeness (QED) is 0.557. The molecule has 1 aliphatic carbocycles. The summed E-state index contributed by atoms with van der Waals surface area (Å²) in [7, 11) is 1.37. The fraction of sp³-hybridized carbons (Fsp3) is 0.400. The molecule has 2 aromatic rings. The highest BCUT2D eigenvalue weighted by Gasteiger charge is 2.26. The summed E-state index contributed by atoms with van der Waals surface area (Å²) in [5.41, 5.74) is 2.51. The number of nitrogens with one attached hydrogen (secondary N) is 2. The van der Waals surface area contributed by atoms with E-state index in [9.17, 15) is 9.59 Å². The summed E-state index contributed by atoms with van der Waals surface area (Å²) in [5.74, 6) is -0.572. The Morgan fingerprint density at radius 1 is 1.19 bits per heavy atom. The minimum atomic E-state index is -0.381. The zero-order chi connectivity index (χ0) is 19.2. The standard InChI is InChI=1S/C20H23ClN2O3S/c1-26-20(25)18-14-8-3-2-4-10-16(14)27-19(18)23-17(24)12-22-11-13-7-5-6-9-15(13)21/h5-7,9,22H,2-4,8,10-12H2,1H3,(H,23,24). The van der Waals surface area contributed by atoms with E-state index in [0.717, 1.165) is 43.2 Å². The second-order valence-electron chi connectivity index (χ2n) is 6.50. The average Bonchev–Trinajstić information content (AvgIpc) is 2.83. The number of ether oxygens (including phenoxy) is 1. The van der Waals surface area contributed by atoms with Crippen molar-refractivity contribution >= 4 is 39.8 Å². The lowest BCUT2D eigenvalue weighted by atomic mass is 10.1. The monoisotopic (exact) mass is 406 g/mol. The fourth-order valence-electron chi connectivity index (χ4n) is 3.27. The highest BCUT2D eigenvalue weighted by Crippen LogP contribution is 2.37. The number of hydrogen-bond donors (Lipinski definition) is 2. The van der Waals surface area contributed by atoms with E-state index in [1.807, 2.05) is 24.3 Å². The first kappa shape index (κ1) is 19.9. The van der Waals surface area contributed by atoms with E-state index in [-0.39, 0.29) is 18.4 Å². The van der Waals surface area contributed by atoms with Crippen LogP contribution in [-0.2, 0) is 28.9 Å². The molecule has 3 rings (SSSR count). The van der Waals surface area contributed by atoms with Crippen LogP contribution in [0.1, 0.15) is 45.6 Å². The molecule has 0 saturated heterocycles. The molecule has 1 heterocycles. The van der Waals surface area contributed by atoms with Gasteiger partial charge in [-0.25, -0.2) is 4.79 Å². The third-order valence-electron chi connectivity index (χ3n) is 4.62. The number of carbonyl (C=O) groups is 2. The molecule has 0 bridgehead atoms. The van der Waals surface area contributed by atoms with Gasteiger partial charge in [-0.05, 0) is 42.9 Å². The van der Waals surface area contributed by atoms with Crippen LogP contribution in [0.15, 0.2) is 24.3 Å². The van der Waals surface area contributed by atoms with Crippen molar-refractivity contribution in [1.29, 1.82) is 0 Å². The van der Waals surface area contributed by atoms with Gasteiger partial charge >= 0.3 is 5.97 Å². The highest BCUT2D eigenvalue weighted by atomic mass is 35.5. The number of carbonyl (C=O) groups excluding carboxylic acids is 2. The first-order valence-corrected chi connectivity index (χ1v) is 10.3. The number of methoxy groups -OCH3 is 1. The number of esters is 1. The molecule has 27 heavy (non-hydrogen) atoms. The maximum absolute atomic E-state index is 12.4. The molecular weight excluding hydrogens is 384 g/mol. The summed E-state index contributed by atoms with van der Waals surface area (Å²) < 4.78 is 4.96. The molecule has 1 aromatic heterocycles. The predicted octanol–water partition coefficient (Wildman–Crippen LogP) is 4.19. The first-order chi connectivity index (χ1) is 13.1. The lowest BCUT2D eigenvalue weighted by molar-refractivity contribution is -0.115. The summed E-state index contributed by atoms with van der Waals surface area (Å²) in [5, 5.41) is 7.24. The molecule has 0 aliphatic heterocycles. The van der Waals surface area contributed by atoms with Crippen molar-refractivity contribution in [3.63, 3.8) is 0 Å². The molecule has 5 nitrogen and oxygen atoms in total. The van der Waals surface area contributed by atoms with E-state index in [2.05, 4.69) is 10.6 Å². The molecule has 1 aromatic carbocycles. The maximum Gasteiger partial charge on any atom is 0.341 e. The third-order valence-corrected chi connectivity index (χ3v) is 6.20. The Labute approximate surface area is 168 Å². The summed E-state index contributed by atoms with van der Waals surface area (Å²) >= 11 is 7.62. The smallest absolute Gasteiger partial charge is 0.341 e. The maximum atomic E-state index is 12.4. The van der Waals surface area contributed by atoms with E-state index >= 15 is 0 Å². The molecule has 1 aliphatic rings. The zero-order valence-electron chi connectivity index (χ0n) is 15.3. The lowest BCUT2D eigenvalue weighted by Gasteiger charge is -2.09. The highest BCUT2D eigenvalue weighted by molar-refractivity contribution is 7.17. The van der Waals surface area contributed by atoms with Crippen molar-refractivity contribution < 1.29 is 14.3 Å². The lowest BCUT2D eigenvalue weighted by Crippen LogP contribution is -2.28. The van der Waals surface area contributed by atoms with Gasteiger partial charge in [0.05, 0.1) is 19.2 Å². The number of aryl methyl sites for hydroxylation is 1. The SMILES string of the molecule is COC(=O)c1c(NC(=O)CNCc2ccccc2Cl)sc2c1CCCCC2. The predicted molar refractivity (Wildman–Crippen MR) is 109 cm³/mol. The Morgan fingerprint density at radius 2 is 1.96 bits per heavy atom. The number of amides is 1. The molecule has 0 radical (unpaired) electrons.